The van der Waals surface area contributed by atoms with Crippen molar-refractivity contribution in [3.63, 3.8) is 0 Å². The summed E-state index contributed by atoms with van der Waals surface area (Å²) < 4.78 is 63.1. The summed E-state index contributed by atoms with van der Waals surface area (Å²) in [5, 5.41) is 0. The van der Waals surface area contributed by atoms with Crippen molar-refractivity contribution in [2.75, 3.05) is 39.6 Å². The molecule has 0 rings (SSSR count). The molecule has 0 bridgehead atoms. The summed E-state index contributed by atoms with van der Waals surface area (Å²) >= 11 is 0. The molecule has 0 spiro atoms. The third kappa shape index (κ3) is 42.0. The van der Waals surface area contributed by atoms with Gasteiger partial charge in [0.2, 0.25) is 0 Å². The fourth-order valence-corrected chi connectivity index (χ4v) is 6.82. The van der Waals surface area contributed by atoms with Crippen molar-refractivity contribution in [2.24, 2.45) is 17.8 Å². The van der Waals surface area contributed by atoms with Crippen molar-refractivity contribution in [1.29, 1.82) is 0 Å². The van der Waals surface area contributed by atoms with Crippen LogP contribution in [0.15, 0.2) is 0 Å². The van der Waals surface area contributed by atoms with E-state index in [1.165, 1.54) is 0 Å². The van der Waals surface area contributed by atoms with Crippen LogP contribution in [0, 0.1) is 17.8 Å². The fourth-order valence-electron chi connectivity index (χ4n) is 4.36. The van der Waals surface area contributed by atoms with Gasteiger partial charge in [-0.05, 0) is 56.3 Å². The van der Waals surface area contributed by atoms with Crippen LogP contribution in [-0.4, -0.2) is 39.6 Å². The molecular weight excluding hydrogens is 769 g/mol. The van der Waals surface area contributed by atoms with Gasteiger partial charge >= 0.3 is 17.4 Å². The molecule has 6 unspecified atom stereocenters. The van der Waals surface area contributed by atoms with Crippen molar-refractivity contribution in [3.05, 3.63) is 0 Å². The topological polar surface area (TPSA) is 176 Å². The van der Waals surface area contributed by atoms with Crippen LogP contribution in [0.4, 0.5) is 0 Å². The predicted octanol–water partition coefficient (Wildman–Crippen LogP) is 10.5. The average molecular weight is 848 g/mol. The van der Waals surface area contributed by atoms with E-state index in [0.29, 0.717) is 17.8 Å². The van der Waals surface area contributed by atoms with Gasteiger partial charge in [-0.25, -0.2) is 0 Å². The first-order chi connectivity index (χ1) is 24.2. The molecule has 0 N–H and O–H groups in total. The van der Waals surface area contributed by atoms with Crippen molar-refractivity contribution in [2.45, 2.75) is 178 Å². The molecule has 6 atom stereocenters. The number of phosphoric ester groups is 3. The molecule has 0 amide bonds. The van der Waals surface area contributed by atoms with Crippen LogP contribution in [0.5, 0.6) is 0 Å². The SMILES string of the molecule is CCCCOP(=O)([O-])OCC(CC)CCCC.CCCCOP(=O)([O-])OCC(CC)CCCC.CCCCOP(=O)([O-])OCC(CC)CCCC.[Cr+3]. The summed E-state index contributed by atoms with van der Waals surface area (Å²) in [4.78, 5) is 34.1. The second-order valence-electron chi connectivity index (χ2n) is 13.0. The molecule has 0 heterocycles. The Bertz CT molecular complexity index is 778. The maximum absolute atomic E-state index is 11.4. The van der Waals surface area contributed by atoms with Crippen LogP contribution in [0.25, 0.3) is 0 Å². The van der Waals surface area contributed by atoms with E-state index in [1.807, 2.05) is 20.8 Å². The molecule has 52 heavy (non-hydrogen) atoms. The van der Waals surface area contributed by atoms with Gasteiger partial charge in [-0.3, -0.25) is 13.7 Å². The molecule has 0 aliphatic carbocycles. The van der Waals surface area contributed by atoms with Gasteiger partial charge in [-0.2, -0.15) is 0 Å². The Morgan fingerprint density at radius 1 is 0.385 bits per heavy atom. The Balaban J connectivity index is -0.000000329. The van der Waals surface area contributed by atoms with Crippen LogP contribution < -0.4 is 14.7 Å². The third-order valence-corrected chi connectivity index (χ3v) is 11.2. The molecule has 0 saturated carbocycles. The first kappa shape index (κ1) is 59.6. The van der Waals surface area contributed by atoms with Crippen molar-refractivity contribution >= 4 is 23.5 Å². The standard InChI is InChI=1S/3C12H27O4P.Cr/c3*1-4-7-9-12(6-3)11-16-17(13,14)15-10-8-5-2;/h3*12H,4-11H2,1-3H3,(H,13,14);/q;;;+3/p-3. The van der Waals surface area contributed by atoms with Gasteiger partial charge in [-0.15, -0.1) is 0 Å². The smallest absolute Gasteiger partial charge is 0.756 e. The Labute approximate surface area is 330 Å². The van der Waals surface area contributed by atoms with Crippen LogP contribution in [-0.2, 0) is 58.2 Å². The Morgan fingerprint density at radius 2 is 0.596 bits per heavy atom. The van der Waals surface area contributed by atoms with Gasteiger partial charge in [0.25, 0.3) is 23.5 Å². The largest absolute Gasteiger partial charge is 3.00 e. The van der Waals surface area contributed by atoms with E-state index in [4.69, 9.17) is 27.1 Å². The molecule has 0 aliphatic rings. The van der Waals surface area contributed by atoms with Gasteiger partial charge < -0.3 is 41.8 Å². The molecule has 0 saturated heterocycles. The molecule has 12 nitrogen and oxygen atoms in total. The summed E-state index contributed by atoms with van der Waals surface area (Å²) in [5.41, 5.74) is 0. The normalized spacial score (nSPS) is 16.4. The maximum atomic E-state index is 11.4. The fraction of sp³-hybridized carbons (Fsp3) is 1.00. The molecule has 0 aromatic carbocycles. The minimum Gasteiger partial charge on any atom is -0.756 e. The molecule has 0 aliphatic heterocycles. The molecule has 1 radical (unpaired) electrons. The van der Waals surface area contributed by atoms with Crippen LogP contribution >= 0.6 is 23.5 Å². The monoisotopic (exact) mass is 847 g/mol. The second kappa shape index (κ2) is 40.1. The minimum absolute atomic E-state index is 0. The quantitative estimate of drug-likeness (QED) is 0.0452. The first-order valence-corrected chi connectivity index (χ1v) is 24.3. The molecule has 0 fully saturated rings. The zero-order valence-corrected chi connectivity index (χ0v) is 38.3. The summed E-state index contributed by atoms with van der Waals surface area (Å²) in [6.45, 7) is 19.9. The maximum Gasteiger partial charge on any atom is 3.00 e. The van der Waals surface area contributed by atoms with Gasteiger partial charge in [0.15, 0.2) is 0 Å². The van der Waals surface area contributed by atoms with Crippen LogP contribution in [0.1, 0.15) is 178 Å². The van der Waals surface area contributed by atoms with Gasteiger partial charge in [0.05, 0.1) is 39.6 Å². The summed E-state index contributed by atoms with van der Waals surface area (Å²) in [6.07, 6.45) is 17.5. The van der Waals surface area contributed by atoms with E-state index < -0.39 is 23.5 Å². The van der Waals surface area contributed by atoms with Crippen molar-refractivity contribution < 1.29 is 72.9 Å². The van der Waals surface area contributed by atoms with Crippen LogP contribution in [0.2, 0.25) is 0 Å². The molecule has 0 aromatic heterocycles. The molecular formula is C36H78CrO12P3. The Kier molecular flexibility index (Phi) is 45.9. The van der Waals surface area contributed by atoms with E-state index >= 15 is 0 Å². The number of phosphoric acid groups is 3. The van der Waals surface area contributed by atoms with Gasteiger partial charge in [-0.1, -0.05) is 139 Å². The second-order valence-corrected chi connectivity index (χ2v) is 17.3. The molecule has 315 valence electrons. The minimum atomic E-state index is -4.07. The summed E-state index contributed by atoms with van der Waals surface area (Å²) in [7, 11) is -12.2. The molecule has 0 aromatic rings. The van der Waals surface area contributed by atoms with Crippen molar-refractivity contribution in [1.82, 2.24) is 0 Å². The summed E-state index contributed by atoms with van der Waals surface area (Å²) in [5.74, 6) is 0.936. The summed E-state index contributed by atoms with van der Waals surface area (Å²) in [6, 6.07) is 0. The number of hydrogen-bond donors (Lipinski definition) is 0. The van der Waals surface area contributed by atoms with E-state index in [-0.39, 0.29) is 57.0 Å². The Hall–Kier alpha value is 0.862. The predicted molar refractivity (Wildman–Crippen MR) is 203 cm³/mol. The zero-order chi connectivity index (χ0) is 39.4. The van der Waals surface area contributed by atoms with E-state index in [0.717, 1.165) is 116 Å². The van der Waals surface area contributed by atoms with Gasteiger partial charge in [0.1, 0.15) is 0 Å². The number of unbranched alkanes of at least 4 members (excludes halogenated alkanes) is 6. The van der Waals surface area contributed by atoms with Crippen LogP contribution in [0.3, 0.4) is 0 Å². The zero-order valence-electron chi connectivity index (χ0n) is 34.4. The first-order valence-electron chi connectivity index (χ1n) is 20.0. The number of rotatable bonds is 33. The Morgan fingerprint density at radius 3 is 0.769 bits per heavy atom. The average Bonchev–Trinajstić information content (AvgIpc) is 3.09. The van der Waals surface area contributed by atoms with Crippen molar-refractivity contribution in [3.8, 4) is 0 Å². The van der Waals surface area contributed by atoms with E-state index in [2.05, 4.69) is 41.5 Å². The van der Waals surface area contributed by atoms with E-state index in [1.54, 1.807) is 0 Å². The number of hydrogen-bond acceptors (Lipinski definition) is 12. The van der Waals surface area contributed by atoms with Gasteiger partial charge in [0, 0.05) is 0 Å². The van der Waals surface area contributed by atoms with E-state index in [9.17, 15) is 28.4 Å². The third-order valence-electron chi connectivity index (χ3n) is 8.28. The molecule has 16 heteroatoms.